The monoisotopic (exact) mass is 477 g/mol. The predicted molar refractivity (Wildman–Crippen MR) is 104 cm³/mol. The lowest BCUT2D eigenvalue weighted by atomic mass is 9.48. The molecular weight excluding hydrogens is 450 g/mol. The summed E-state index contributed by atoms with van der Waals surface area (Å²) >= 11 is 0. The van der Waals surface area contributed by atoms with Crippen molar-refractivity contribution < 1.29 is 45.6 Å². The summed E-state index contributed by atoms with van der Waals surface area (Å²) in [5.74, 6) is 1.29. The van der Waals surface area contributed by atoms with Gasteiger partial charge in [0.05, 0.1) is 25.6 Å². The first-order valence-electron chi connectivity index (χ1n) is 10.9. The first kappa shape index (κ1) is 20.5. The quantitative estimate of drug-likeness (QED) is 0.339. The molecule has 0 amide bonds. The van der Waals surface area contributed by atoms with Crippen LogP contribution in [0.1, 0.15) is 50.2 Å². The Bertz CT molecular complexity index is 961. The van der Waals surface area contributed by atoms with E-state index >= 15 is 0 Å². The molecule has 162 valence electrons. The Hall–Kier alpha value is -1.44. The molecule has 1 aromatic rings. The number of Topliss-reactive ketones (excluding diaryl/α,β-unsaturated/α-hetero) is 1. The van der Waals surface area contributed by atoms with Gasteiger partial charge in [-0.25, -0.2) is 0 Å². The van der Waals surface area contributed by atoms with Crippen molar-refractivity contribution in [1.82, 2.24) is 0 Å². The Morgan fingerprint density at radius 1 is 1.33 bits per heavy atom. The van der Waals surface area contributed by atoms with Gasteiger partial charge >= 0.3 is 5.97 Å². The van der Waals surface area contributed by atoms with Crippen LogP contribution in [-0.2, 0) is 21.4 Å². The number of ketones is 1. The zero-order chi connectivity index (χ0) is 20.2. The van der Waals surface area contributed by atoms with Gasteiger partial charge in [0.15, 0.2) is 23.4 Å². The number of rotatable bonds is 3. The van der Waals surface area contributed by atoms with Crippen molar-refractivity contribution in [2.24, 2.45) is 5.92 Å². The molecule has 3 aliphatic carbocycles. The summed E-state index contributed by atoms with van der Waals surface area (Å²) in [6, 6.07) is 3.87. The molecule has 2 bridgehead atoms. The summed E-state index contributed by atoms with van der Waals surface area (Å²) in [5, 5.41) is 12.3. The maximum Gasteiger partial charge on any atom is 0.308 e. The van der Waals surface area contributed by atoms with Crippen molar-refractivity contribution in [3.8, 4) is 11.5 Å². The molecule has 0 radical (unpaired) electrons. The summed E-state index contributed by atoms with van der Waals surface area (Å²) < 4.78 is 12.6. The Kier molecular flexibility index (Phi) is 4.30. The van der Waals surface area contributed by atoms with Crippen LogP contribution in [0.4, 0.5) is 0 Å². The fourth-order valence-corrected chi connectivity index (χ4v) is 7.16. The number of ether oxygens (including phenoxy) is 2. The van der Waals surface area contributed by atoms with Gasteiger partial charge in [-0.3, -0.25) is 9.59 Å². The highest BCUT2D eigenvalue weighted by Gasteiger charge is 2.76. The van der Waals surface area contributed by atoms with Crippen molar-refractivity contribution in [3.63, 3.8) is 0 Å². The molecule has 1 saturated heterocycles. The molecule has 0 aromatic heterocycles. The Balaban J connectivity index is 0.00000193. The highest BCUT2D eigenvalue weighted by Crippen LogP contribution is 2.66. The number of benzene rings is 1. The van der Waals surface area contributed by atoms with E-state index in [0.717, 1.165) is 47.5 Å². The van der Waals surface area contributed by atoms with Crippen molar-refractivity contribution in [1.29, 1.82) is 0 Å². The van der Waals surface area contributed by atoms with Crippen LogP contribution in [0.3, 0.4) is 0 Å². The fourth-order valence-electron chi connectivity index (χ4n) is 7.16. The molecule has 3 fully saturated rings. The zero-order valence-electron chi connectivity index (χ0n) is 17.4. The second-order valence-electron chi connectivity index (χ2n) is 10.2. The molecule has 1 aromatic carbocycles. The third-order valence-corrected chi connectivity index (χ3v) is 8.51. The number of piperidine rings is 1. The Morgan fingerprint density at radius 2 is 2.10 bits per heavy atom. The topological polar surface area (TPSA) is 72.8 Å². The molecule has 6 nitrogen and oxygen atoms in total. The standard InChI is InChI=1S/C23H28NO5.BrH/c1-13(25)28-17-6-5-15-11-18-23(27)8-7-16(26)21-22(23,19(15)20(17)29-21)9-10-24(18,2)12-14-3-4-14;/h5-6,14,18,21,27H,3-4,7-12H2,1-2H3;1H/q+1;/p-1/t18-,21+,22+,23-,24?;/m1./s1. The number of quaternary nitrogens is 1. The third-order valence-electron chi connectivity index (χ3n) is 8.51. The second-order valence-corrected chi connectivity index (χ2v) is 10.2. The van der Waals surface area contributed by atoms with Crippen molar-refractivity contribution >= 4 is 11.8 Å². The molecule has 5 atom stereocenters. The molecule has 2 saturated carbocycles. The zero-order valence-corrected chi connectivity index (χ0v) is 19.0. The van der Waals surface area contributed by atoms with Gasteiger partial charge in [-0.1, -0.05) is 6.07 Å². The number of likely N-dealkylation sites (N-methyl/N-ethyl adjacent to an activating group) is 1. The van der Waals surface area contributed by atoms with Gasteiger partial charge < -0.3 is 36.0 Å². The van der Waals surface area contributed by atoms with Crippen LogP contribution in [0.25, 0.3) is 0 Å². The van der Waals surface area contributed by atoms with Crippen LogP contribution < -0.4 is 26.5 Å². The lowest BCUT2D eigenvalue weighted by Gasteiger charge is -2.64. The molecular formula is C23H28BrNO5. The SMILES string of the molecule is CC(=O)Oc1ccc2c3c1O[C@H]1C(=O)CC[C@@]4(O)[C@@H](C2)[N+](C)(CC2CC2)CC[C@]314.[Br-]. The minimum absolute atomic E-state index is 0. The minimum atomic E-state index is -0.972. The van der Waals surface area contributed by atoms with E-state index in [1.807, 2.05) is 6.07 Å². The van der Waals surface area contributed by atoms with Gasteiger partial charge in [0.2, 0.25) is 0 Å². The van der Waals surface area contributed by atoms with Gasteiger partial charge in [-0.15, -0.1) is 0 Å². The van der Waals surface area contributed by atoms with Crippen LogP contribution in [0.2, 0.25) is 0 Å². The highest BCUT2D eigenvalue weighted by atomic mass is 79.9. The van der Waals surface area contributed by atoms with E-state index in [0.29, 0.717) is 24.3 Å². The average molecular weight is 478 g/mol. The molecule has 30 heavy (non-hydrogen) atoms. The Labute approximate surface area is 186 Å². The number of esters is 1. The van der Waals surface area contributed by atoms with E-state index in [-0.39, 0.29) is 28.8 Å². The first-order chi connectivity index (χ1) is 13.8. The van der Waals surface area contributed by atoms with Crippen molar-refractivity contribution in [2.75, 3.05) is 20.1 Å². The van der Waals surface area contributed by atoms with Crippen LogP contribution in [-0.4, -0.2) is 59.2 Å². The first-order valence-corrected chi connectivity index (χ1v) is 10.9. The largest absolute Gasteiger partial charge is 1.00 e. The average Bonchev–Trinajstić information content (AvgIpc) is 3.38. The lowest BCUT2D eigenvalue weighted by Crippen LogP contribution is -3.00. The van der Waals surface area contributed by atoms with E-state index in [1.54, 1.807) is 6.07 Å². The van der Waals surface area contributed by atoms with Crippen molar-refractivity contribution in [2.45, 2.75) is 68.6 Å². The molecule has 5 aliphatic rings. The number of hydrogen-bond donors (Lipinski definition) is 1. The lowest BCUT2D eigenvalue weighted by molar-refractivity contribution is -0.950. The normalized spacial score (nSPS) is 40.2. The molecule has 1 unspecified atom stereocenters. The van der Waals surface area contributed by atoms with E-state index < -0.39 is 23.1 Å². The molecule has 7 heteroatoms. The van der Waals surface area contributed by atoms with Crippen LogP contribution in [0, 0.1) is 5.92 Å². The summed E-state index contributed by atoms with van der Waals surface area (Å²) in [6.45, 7) is 3.41. The smallest absolute Gasteiger partial charge is 0.308 e. The van der Waals surface area contributed by atoms with E-state index in [4.69, 9.17) is 9.47 Å². The number of nitrogens with zero attached hydrogens (tertiary/aromatic N) is 1. The molecule has 1 N–H and O–H groups in total. The number of carbonyl (C=O) groups is 2. The van der Waals surface area contributed by atoms with Gasteiger partial charge in [0.1, 0.15) is 11.6 Å². The highest BCUT2D eigenvalue weighted by molar-refractivity contribution is 5.90. The Morgan fingerprint density at radius 3 is 2.80 bits per heavy atom. The second kappa shape index (κ2) is 6.30. The van der Waals surface area contributed by atoms with Crippen LogP contribution >= 0.6 is 0 Å². The maximum absolute atomic E-state index is 13.0. The molecule has 2 aliphatic heterocycles. The minimum Gasteiger partial charge on any atom is -1.00 e. The summed E-state index contributed by atoms with van der Waals surface area (Å²) in [5.41, 5.74) is 0.391. The van der Waals surface area contributed by atoms with Crippen molar-refractivity contribution in [3.05, 3.63) is 23.3 Å². The van der Waals surface area contributed by atoms with Gasteiger partial charge in [-0.2, -0.15) is 0 Å². The van der Waals surface area contributed by atoms with Gasteiger partial charge in [0.25, 0.3) is 0 Å². The number of aliphatic hydroxyl groups is 1. The predicted octanol–water partition coefficient (Wildman–Crippen LogP) is -1.11. The molecule has 1 spiro atoms. The molecule has 2 heterocycles. The molecule has 6 rings (SSSR count). The van der Waals surface area contributed by atoms with Gasteiger partial charge in [0, 0.05) is 37.7 Å². The summed E-state index contributed by atoms with van der Waals surface area (Å²) in [4.78, 5) is 24.6. The number of carbonyl (C=O) groups excluding carboxylic acids is 2. The summed E-state index contributed by atoms with van der Waals surface area (Å²) in [6.07, 6.45) is 4.24. The number of likely N-dealkylation sites (tertiary alicyclic amines) is 1. The van der Waals surface area contributed by atoms with E-state index in [2.05, 4.69) is 7.05 Å². The summed E-state index contributed by atoms with van der Waals surface area (Å²) in [7, 11) is 2.30. The number of halogens is 1. The van der Waals surface area contributed by atoms with E-state index in [9.17, 15) is 14.7 Å². The maximum atomic E-state index is 13.0. The van der Waals surface area contributed by atoms with Crippen LogP contribution in [0.5, 0.6) is 11.5 Å². The third kappa shape index (κ3) is 2.37. The van der Waals surface area contributed by atoms with E-state index in [1.165, 1.54) is 19.8 Å². The number of hydrogen-bond acceptors (Lipinski definition) is 5. The fraction of sp³-hybridized carbons (Fsp3) is 0.652. The van der Waals surface area contributed by atoms with Gasteiger partial charge in [-0.05, 0) is 30.9 Å². The van der Waals surface area contributed by atoms with Crippen LogP contribution in [0.15, 0.2) is 12.1 Å².